The fourth-order valence-electron chi connectivity index (χ4n) is 3.07. The molecule has 1 fully saturated rings. The minimum atomic E-state index is -0.597. The lowest BCUT2D eigenvalue weighted by Gasteiger charge is -2.32. The highest BCUT2D eigenvalue weighted by atomic mass is 16.5. The van der Waals surface area contributed by atoms with Crippen molar-refractivity contribution >= 4 is 11.8 Å². The van der Waals surface area contributed by atoms with E-state index in [-0.39, 0.29) is 36.3 Å². The van der Waals surface area contributed by atoms with Gasteiger partial charge in [0.1, 0.15) is 0 Å². The number of hydrogen-bond acceptors (Lipinski definition) is 4. The van der Waals surface area contributed by atoms with Crippen LogP contribution < -0.4 is 16.4 Å². The number of rotatable bonds is 7. The zero-order valence-electron chi connectivity index (χ0n) is 16.0. The number of carbonyl (C=O) groups excluding carboxylic acids is 2. The number of ether oxygens (including phenoxy) is 1. The van der Waals surface area contributed by atoms with Gasteiger partial charge in [-0.2, -0.15) is 0 Å². The van der Waals surface area contributed by atoms with E-state index in [1.807, 2.05) is 13.8 Å². The second-order valence-corrected chi connectivity index (χ2v) is 7.40. The molecule has 1 aromatic carbocycles. The molecule has 0 aliphatic carbocycles. The van der Waals surface area contributed by atoms with Gasteiger partial charge in [-0.15, -0.1) is 0 Å². The van der Waals surface area contributed by atoms with Crippen LogP contribution in [0.1, 0.15) is 43.9 Å². The fraction of sp³-hybridized carbons (Fsp3) is 0.600. The van der Waals surface area contributed by atoms with Gasteiger partial charge in [0.05, 0.1) is 18.7 Å². The van der Waals surface area contributed by atoms with Crippen molar-refractivity contribution in [3.05, 3.63) is 35.4 Å². The van der Waals surface area contributed by atoms with E-state index in [2.05, 4.69) is 41.8 Å². The van der Waals surface area contributed by atoms with Gasteiger partial charge in [0.2, 0.25) is 11.8 Å². The molecule has 6 heteroatoms. The molecule has 2 rings (SSSR count). The van der Waals surface area contributed by atoms with Crippen LogP contribution in [-0.2, 0) is 14.3 Å². The third-order valence-corrected chi connectivity index (χ3v) is 4.86. The van der Waals surface area contributed by atoms with Crippen molar-refractivity contribution in [2.75, 3.05) is 19.7 Å². The molecular formula is C20H31N3O3. The van der Waals surface area contributed by atoms with Crippen LogP contribution in [-0.4, -0.2) is 37.6 Å². The van der Waals surface area contributed by atoms with Crippen LogP contribution in [0, 0.1) is 18.8 Å². The SMILES string of the molecule is Cc1ccc(C2OCCCC2CNC(=O)CNC(=O)[C@@H](N)C(C)C)cc1. The van der Waals surface area contributed by atoms with Crippen molar-refractivity contribution < 1.29 is 14.3 Å². The van der Waals surface area contributed by atoms with Gasteiger partial charge in [0, 0.05) is 19.1 Å². The summed E-state index contributed by atoms with van der Waals surface area (Å²) < 4.78 is 5.97. The van der Waals surface area contributed by atoms with Crippen LogP contribution in [0.5, 0.6) is 0 Å². The van der Waals surface area contributed by atoms with Gasteiger partial charge >= 0.3 is 0 Å². The maximum atomic E-state index is 12.1. The van der Waals surface area contributed by atoms with Gasteiger partial charge in [-0.25, -0.2) is 0 Å². The van der Waals surface area contributed by atoms with Crippen molar-refractivity contribution in [2.45, 2.75) is 45.8 Å². The van der Waals surface area contributed by atoms with E-state index in [0.29, 0.717) is 6.54 Å². The average Bonchev–Trinajstić information content (AvgIpc) is 2.64. The van der Waals surface area contributed by atoms with E-state index in [9.17, 15) is 9.59 Å². The number of nitrogens with one attached hydrogen (secondary N) is 2. The molecule has 6 nitrogen and oxygen atoms in total. The summed E-state index contributed by atoms with van der Waals surface area (Å²) in [6.07, 6.45) is 1.99. The zero-order valence-corrected chi connectivity index (χ0v) is 16.0. The number of hydrogen-bond donors (Lipinski definition) is 3. The largest absolute Gasteiger partial charge is 0.373 e. The number of aryl methyl sites for hydroxylation is 1. The first-order valence-electron chi connectivity index (χ1n) is 9.36. The molecule has 3 atom stereocenters. The molecule has 1 heterocycles. The van der Waals surface area contributed by atoms with Gasteiger partial charge in [-0.1, -0.05) is 43.7 Å². The maximum Gasteiger partial charge on any atom is 0.239 e. The van der Waals surface area contributed by atoms with E-state index >= 15 is 0 Å². The summed E-state index contributed by atoms with van der Waals surface area (Å²) >= 11 is 0. The Morgan fingerprint density at radius 1 is 1.23 bits per heavy atom. The molecule has 0 aromatic heterocycles. The van der Waals surface area contributed by atoms with Gasteiger partial charge in [0.15, 0.2) is 0 Å². The van der Waals surface area contributed by atoms with Crippen molar-refractivity contribution in [3.63, 3.8) is 0 Å². The molecule has 0 spiro atoms. The monoisotopic (exact) mass is 361 g/mol. The van der Waals surface area contributed by atoms with Gasteiger partial charge < -0.3 is 21.1 Å². The Morgan fingerprint density at radius 3 is 2.58 bits per heavy atom. The normalized spacial score (nSPS) is 21.3. The first-order chi connectivity index (χ1) is 12.4. The van der Waals surface area contributed by atoms with Crippen LogP contribution in [0.15, 0.2) is 24.3 Å². The van der Waals surface area contributed by atoms with E-state index in [0.717, 1.165) is 25.0 Å². The topological polar surface area (TPSA) is 93.5 Å². The number of benzene rings is 1. The average molecular weight is 361 g/mol. The Hall–Kier alpha value is -1.92. The summed E-state index contributed by atoms with van der Waals surface area (Å²) in [5, 5.41) is 5.51. The molecule has 0 saturated carbocycles. The smallest absolute Gasteiger partial charge is 0.239 e. The lowest BCUT2D eigenvalue weighted by molar-refractivity contribution is -0.127. The third kappa shape index (κ3) is 5.81. The number of carbonyl (C=O) groups is 2. The van der Waals surface area contributed by atoms with Crippen LogP contribution in [0.2, 0.25) is 0 Å². The van der Waals surface area contributed by atoms with E-state index in [1.54, 1.807) is 0 Å². The van der Waals surface area contributed by atoms with Gasteiger partial charge in [0.25, 0.3) is 0 Å². The minimum Gasteiger partial charge on any atom is -0.373 e. The first kappa shape index (κ1) is 20.4. The lowest BCUT2D eigenvalue weighted by Crippen LogP contribution is -2.47. The lowest BCUT2D eigenvalue weighted by atomic mass is 9.89. The standard InChI is InChI=1S/C20H31N3O3/c1-13(2)18(21)20(25)23-12-17(24)22-11-16-5-4-10-26-19(16)15-8-6-14(3)7-9-15/h6-9,13,16,18-19H,4-5,10-12,21H2,1-3H3,(H,22,24)(H,23,25)/t16?,18-,19?/m0/s1. The molecule has 144 valence electrons. The molecule has 2 unspecified atom stereocenters. The minimum absolute atomic E-state index is 0.00592. The molecule has 1 aliphatic rings. The molecule has 26 heavy (non-hydrogen) atoms. The Kier molecular flexibility index (Phi) is 7.60. The number of nitrogens with two attached hydrogens (primary N) is 1. The molecule has 1 aliphatic heterocycles. The van der Waals surface area contributed by atoms with Crippen LogP contribution >= 0.6 is 0 Å². The second-order valence-electron chi connectivity index (χ2n) is 7.40. The Labute approximate surface area is 155 Å². The quantitative estimate of drug-likeness (QED) is 0.689. The molecule has 0 radical (unpaired) electrons. The van der Waals surface area contributed by atoms with Crippen molar-refractivity contribution in [2.24, 2.45) is 17.6 Å². The highest BCUT2D eigenvalue weighted by Crippen LogP contribution is 2.33. The molecule has 1 saturated heterocycles. The highest BCUT2D eigenvalue weighted by Gasteiger charge is 2.27. The predicted octanol–water partition coefficient (Wildman–Crippen LogP) is 1.68. The van der Waals surface area contributed by atoms with Crippen molar-refractivity contribution in [1.82, 2.24) is 10.6 Å². The van der Waals surface area contributed by atoms with E-state index in [1.165, 1.54) is 5.56 Å². The molecular weight excluding hydrogens is 330 g/mol. The molecule has 1 aromatic rings. The Balaban J connectivity index is 1.83. The summed E-state index contributed by atoms with van der Waals surface area (Å²) in [6.45, 7) is 7.03. The van der Waals surface area contributed by atoms with E-state index < -0.39 is 6.04 Å². The van der Waals surface area contributed by atoms with Gasteiger partial charge in [-0.05, 0) is 31.2 Å². The second kappa shape index (κ2) is 9.69. The van der Waals surface area contributed by atoms with Crippen molar-refractivity contribution in [3.8, 4) is 0 Å². The molecule has 4 N–H and O–H groups in total. The van der Waals surface area contributed by atoms with Crippen LogP contribution in [0.25, 0.3) is 0 Å². The fourth-order valence-corrected chi connectivity index (χ4v) is 3.07. The van der Waals surface area contributed by atoms with E-state index in [4.69, 9.17) is 10.5 Å². The predicted molar refractivity (Wildman–Crippen MR) is 101 cm³/mol. The zero-order chi connectivity index (χ0) is 19.1. The van der Waals surface area contributed by atoms with Crippen LogP contribution in [0.4, 0.5) is 0 Å². The Morgan fingerprint density at radius 2 is 1.92 bits per heavy atom. The Bertz CT molecular complexity index is 601. The summed E-state index contributed by atoms with van der Waals surface area (Å²) in [5.74, 6) is -0.243. The highest BCUT2D eigenvalue weighted by molar-refractivity contribution is 5.87. The summed E-state index contributed by atoms with van der Waals surface area (Å²) in [5.41, 5.74) is 8.13. The van der Waals surface area contributed by atoms with Crippen molar-refractivity contribution in [1.29, 1.82) is 0 Å². The third-order valence-electron chi connectivity index (χ3n) is 4.86. The maximum absolute atomic E-state index is 12.1. The summed E-state index contributed by atoms with van der Waals surface area (Å²) in [6, 6.07) is 7.74. The van der Waals surface area contributed by atoms with Crippen LogP contribution in [0.3, 0.4) is 0 Å². The molecule has 2 amide bonds. The number of amides is 2. The first-order valence-corrected chi connectivity index (χ1v) is 9.36. The van der Waals surface area contributed by atoms with Gasteiger partial charge in [-0.3, -0.25) is 9.59 Å². The summed E-state index contributed by atoms with van der Waals surface area (Å²) in [7, 11) is 0. The summed E-state index contributed by atoms with van der Waals surface area (Å²) in [4.78, 5) is 23.9. The molecule has 0 bridgehead atoms.